The molecule has 1 aliphatic rings. The van der Waals surface area contributed by atoms with Gasteiger partial charge in [-0.25, -0.2) is 4.98 Å². The van der Waals surface area contributed by atoms with Crippen LogP contribution in [-0.4, -0.2) is 42.1 Å². The number of fused-ring (bicyclic) bond motifs is 2. The first kappa shape index (κ1) is 17.5. The van der Waals surface area contributed by atoms with Crippen LogP contribution in [0.15, 0.2) is 63.9 Å². The Morgan fingerprint density at radius 2 is 1.89 bits per heavy atom. The van der Waals surface area contributed by atoms with Gasteiger partial charge in [0.15, 0.2) is 11.0 Å². The number of hydrogen-bond acceptors (Lipinski definition) is 6. The van der Waals surface area contributed by atoms with Crippen LogP contribution in [0.3, 0.4) is 0 Å². The molecule has 8 heteroatoms. The summed E-state index contributed by atoms with van der Waals surface area (Å²) in [4.78, 5) is 4.72. The number of benzene rings is 2. The first-order valence-corrected chi connectivity index (χ1v) is 11.2. The maximum atomic E-state index is 4.87. The number of hydrogen-bond donors (Lipinski definition) is 0. The van der Waals surface area contributed by atoms with Gasteiger partial charge in [-0.2, -0.15) is 9.78 Å². The summed E-state index contributed by atoms with van der Waals surface area (Å²) in [6.07, 6.45) is 2.04. The van der Waals surface area contributed by atoms with Gasteiger partial charge in [-0.15, -0.1) is 10.2 Å². The van der Waals surface area contributed by atoms with Gasteiger partial charge in [-0.1, -0.05) is 65.5 Å². The lowest BCUT2D eigenvalue weighted by Gasteiger charge is -2.14. The number of rotatable bonds is 4. The van der Waals surface area contributed by atoms with E-state index in [0.717, 1.165) is 44.2 Å². The van der Waals surface area contributed by atoms with Crippen molar-refractivity contribution in [2.75, 3.05) is 12.0 Å². The average molecular weight is 407 g/mol. The fourth-order valence-corrected chi connectivity index (χ4v) is 4.69. The molecule has 0 saturated carbocycles. The molecule has 0 saturated heterocycles. The van der Waals surface area contributed by atoms with Crippen molar-refractivity contribution in [2.24, 2.45) is 5.10 Å². The highest BCUT2D eigenvalue weighted by molar-refractivity contribution is 7.99. The van der Waals surface area contributed by atoms with E-state index < -0.39 is 0 Å². The summed E-state index contributed by atoms with van der Waals surface area (Å²) >= 11 is 3.30. The molecule has 0 radical (unpaired) electrons. The number of nitrogens with zero attached hydrogens (tertiary/aromatic N) is 6. The van der Waals surface area contributed by atoms with Gasteiger partial charge in [0, 0.05) is 5.75 Å². The van der Waals surface area contributed by atoms with Gasteiger partial charge >= 0.3 is 0 Å². The molecular formula is C20H18N6S2. The first-order valence-electron chi connectivity index (χ1n) is 8.94. The molecule has 28 heavy (non-hydrogen) atoms. The van der Waals surface area contributed by atoms with Crippen LogP contribution in [0.1, 0.15) is 17.0 Å². The van der Waals surface area contributed by atoms with Gasteiger partial charge < -0.3 is 4.57 Å². The lowest BCUT2D eigenvalue weighted by molar-refractivity contribution is 0.637. The smallest absolute Gasteiger partial charge is 0.212 e. The van der Waals surface area contributed by atoms with Crippen LogP contribution in [0.4, 0.5) is 0 Å². The van der Waals surface area contributed by atoms with Crippen molar-refractivity contribution in [2.45, 2.75) is 23.8 Å². The lowest BCUT2D eigenvalue weighted by Crippen LogP contribution is -2.16. The third-order valence-electron chi connectivity index (χ3n) is 4.72. The van der Waals surface area contributed by atoms with Crippen molar-refractivity contribution < 1.29 is 0 Å². The molecule has 0 unspecified atom stereocenters. The van der Waals surface area contributed by atoms with Crippen molar-refractivity contribution in [3.63, 3.8) is 0 Å². The Morgan fingerprint density at radius 3 is 2.71 bits per heavy atom. The van der Waals surface area contributed by atoms with E-state index in [0.29, 0.717) is 6.54 Å². The molecule has 0 fully saturated rings. The standard InChI is InChI=1S/C20H18N6S2/c1-13-7-9-14(10-8-13)16-12-28-20-23-22-18(26(20)24-16)11-25-17-6-4-3-5-15(17)21-19(25)27-2/h3-10H,11-12H2,1-2H3. The van der Waals surface area contributed by atoms with Gasteiger partial charge in [-0.3, -0.25) is 0 Å². The summed E-state index contributed by atoms with van der Waals surface area (Å²) in [5.74, 6) is 1.61. The third-order valence-corrected chi connectivity index (χ3v) is 6.33. The molecule has 2 aromatic heterocycles. The monoisotopic (exact) mass is 406 g/mol. The molecule has 0 atom stereocenters. The largest absolute Gasteiger partial charge is 0.311 e. The Balaban J connectivity index is 1.55. The molecular weight excluding hydrogens is 388 g/mol. The normalized spacial score (nSPS) is 13.6. The molecule has 6 nitrogen and oxygen atoms in total. The van der Waals surface area contributed by atoms with Crippen LogP contribution < -0.4 is 0 Å². The van der Waals surface area contributed by atoms with Crippen molar-refractivity contribution in [1.82, 2.24) is 24.4 Å². The van der Waals surface area contributed by atoms with E-state index in [-0.39, 0.29) is 0 Å². The van der Waals surface area contributed by atoms with E-state index in [9.17, 15) is 0 Å². The predicted molar refractivity (Wildman–Crippen MR) is 114 cm³/mol. The van der Waals surface area contributed by atoms with E-state index in [2.05, 4.69) is 52.0 Å². The zero-order chi connectivity index (χ0) is 19.1. The second kappa shape index (κ2) is 7.10. The van der Waals surface area contributed by atoms with Gasteiger partial charge in [0.1, 0.15) is 0 Å². The van der Waals surface area contributed by atoms with Crippen molar-refractivity contribution in [3.8, 4) is 0 Å². The quantitative estimate of drug-likeness (QED) is 0.478. The molecule has 2 aromatic carbocycles. The maximum absolute atomic E-state index is 4.87. The number of aryl methyl sites for hydroxylation is 1. The van der Waals surface area contributed by atoms with Gasteiger partial charge in [0.2, 0.25) is 5.16 Å². The van der Waals surface area contributed by atoms with Crippen molar-refractivity contribution in [3.05, 3.63) is 65.5 Å². The summed E-state index contributed by atoms with van der Waals surface area (Å²) in [5, 5.41) is 15.4. The highest BCUT2D eigenvalue weighted by Gasteiger charge is 2.21. The van der Waals surface area contributed by atoms with Crippen LogP contribution in [0.2, 0.25) is 0 Å². The van der Waals surface area contributed by atoms with Gasteiger partial charge in [0.05, 0.1) is 23.3 Å². The SMILES string of the molecule is CSc1nc2ccccc2n1Cc1nnc2n1N=C(c1ccc(C)cc1)CS2. The zero-order valence-electron chi connectivity index (χ0n) is 15.5. The highest BCUT2D eigenvalue weighted by atomic mass is 32.2. The van der Waals surface area contributed by atoms with Crippen LogP contribution in [0.5, 0.6) is 0 Å². The zero-order valence-corrected chi connectivity index (χ0v) is 17.2. The minimum Gasteiger partial charge on any atom is -0.311 e. The molecule has 0 bridgehead atoms. The molecule has 0 spiro atoms. The summed E-state index contributed by atoms with van der Waals surface area (Å²) in [6.45, 7) is 2.67. The molecule has 0 amide bonds. The first-order chi connectivity index (χ1) is 13.7. The second-order valence-corrected chi connectivity index (χ2v) is 8.30. The fourth-order valence-electron chi connectivity index (χ4n) is 3.26. The summed E-state index contributed by atoms with van der Waals surface area (Å²) in [6, 6.07) is 16.7. The maximum Gasteiger partial charge on any atom is 0.212 e. The van der Waals surface area contributed by atoms with Gasteiger partial charge in [0.25, 0.3) is 0 Å². The Morgan fingerprint density at radius 1 is 1.07 bits per heavy atom. The summed E-state index contributed by atoms with van der Waals surface area (Å²) in [7, 11) is 0. The summed E-state index contributed by atoms with van der Waals surface area (Å²) in [5.41, 5.74) is 5.51. The number of thioether (sulfide) groups is 2. The van der Waals surface area contributed by atoms with Crippen LogP contribution in [-0.2, 0) is 6.54 Å². The highest BCUT2D eigenvalue weighted by Crippen LogP contribution is 2.27. The van der Waals surface area contributed by atoms with Crippen molar-refractivity contribution in [1.29, 1.82) is 0 Å². The number of aromatic nitrogens is 5. The van der Waals surface area contributed by atoms with E-state index in [1.807, 2.05) is 29.1 Å². The molecule has 1 aliphatic heterocycles. The molecule has 4 aromatic rings. The van der Waals surface area contributed by atoms with E-state index in [1.165, 1.54) is 5.56 Å². The van der Waals surface area contributed by atoms with Crippen LogP contribution in [0, 0.1) is 6.92 Å². The Bertz CT molecular complexity index is 1190. The molecule has 140 valence electrons. The van der Waals surface area contributed by atoms with Crippen LogP contribution in [0.25, 0.3) is 11.0 Å². The van der Waals surface area contributed by atoms with E-state index >= 15 is 0 Å². The van der Waals surface area contributed by atoms with Gasteiger partial charge in [-0.05, 0) is 30.9 Å². The molecule has 0 aliphatic carbocycles. The lowest BCUT2D eigenvalue weighted by atomic mass is 10.1. The Hall–Kier alpha value is -2.58. The topological polar surface area (TPSA) is 60.9 Å². The van der Waals surface area contributed by atoms with Crippen LogP contribution >= 0.6 is 23.5 Å². The number of para-hydroxylation sites is 2. The Kier molecular flexibility index (Phi) is 4.44. The fraction of sp³-hybridized carbons (Fsp3) is 0.200. The summed E-state index contributed by atoms with van der Waals surface area (Å²) < 4.78 is 4.06. The number of imidazole rings is 1. The van der Waals surface area contributed by atoms with Crippen molar-refractivity contribution >= 4 is 40.3 Å². The van der Waals surface area contributed by atoms with E-state index in [1.54, 1.807) is 23.5 Å². The minimum absolute atomic E-state index is 0.578. The Labute approximate surface area is 171 Å². The molecule has 5 rings (SSSR count). The third kappa shape index (κ3) is 3.02. The average Bonchev–Trinajstić information content (AvgIpc) is 3.30. The molecule has 0 N–H and O–H groups in total. The molecule has 3 heterocycles. The second-order valence-electron chi connectivity index (χ2n) is 6.59. The minimum atomic E-state index is 0.578. The van der Waals surface area contributed by atoms with E-state index in [4.69, 9.17) is 10.1 Å². The predicted octanol–water partition coefficient (Wildman–Crippen LogP) is 4.06.